The van der Waals surface area contributed by atoms with Crippen LogP contribution < -0.4 is 0 Å². The zero-order chi connectivity index (χ0) is 8.55. The molecule has 0 radical (unpaired) electrons. The van der Waals surface area contributed by atoms with Gasteiger partial charge in [-0.3, -0.25) is 9.97 Å². The van der Waals surface area contributed by atoms with E-state index in [1.54, 1.807) is 0 Å². The first kappa shape index (κ1) is 7.22. The number of nitrogens with zero attached hydrogens (tertiary/aromatic N) is 2. The molecule has 0 amide bonds. The molecule has 2 heterocycles. The Balaban J connectivity index is 2.88. The molecule has 0 fully saturated rings. The second kappa shape index (κ2) is 2.55. The van der Waals surface area contributed by atoms with Crippen molar-refractivity contribution in [3.63, 3.8) is 0 Å². The first-order valence-corrected chi connectivity index (χ1v) is 3.95. The van der Waals surface area contributed by atoms with Gasteiger partial charge in [0.25, 0.3) is 0 Å². The first-order valence-electron chi connectivity index (χ1n) is 3.95. The molecule has 0 aliphatic heterocycles. The lowest BCUT2D eigenvalue weighted by atomic mass is 10.2. The maximum atomic E-state index is 4.44. The summed E-state index contributed by atoms with van der Waals surface area (Å²) in [5, 5.41) is 1.11. The van der Waals surface area contributed by atoms with Crippen molar-refractivity contribution < 1.29 is 0 Å². The molecule has 12 heavy (non-hydrogen) atoms. The number of pyridine rings is 2. The third-order valence-corrected chi connectivity index (χ3v) is 1.92. The number of rotatable bonds is 0. The van der Waals surface area contributed by atoms with Gasteiger partial charge in [-0.05, 0) is 31.5 Å². The van der Waals surface area contributed by atoms with E-state index in [2.05, 4.69) is 16.0 Å². The van der Waals surface area contributed by atoms with Gasteiger partial charge >= 0.3 is 0 Å². The molecule has 2 aromatic heterocycles. The van der Waals surface area contributed by atoms with Crippen molar-refractivity contribution in [1.29, 1.82) is 0 Å². The summed E-state index contributed by atoms with van der Waals surface area (Å²) in [6.07, 6.45) is 3.68. The molecule has 0 bridgehead atoms. The van der Waals surface area contributed by atoms with Gasteiger partial charge in [-0.15, -0.1) is 0 Å². The predicted octanol–water partition coefficient (Wildman–Crippen LogP) is 2.25. The maximum absolute atomic E-state index is 4.44. The normalized spacial score (nSPS) is 10.5. The molecule has 60 valence electrons. The molecule has 2 rings (SSSR count). The highest BCUT2D eigenvalue weighted by Gasteiger charge is 1.97. The highest BCUT2D eigenvalue weighted by molar-refractivity contribution is 5.80. The third-order valence-electron chi connectivity index (χ3n) is 1.92. The van der Waals surface area contributed by atoms with Crippen LogP contribution in [0.25, 0.3) is 10.9 Å². The second-order valence-corrected chi connectivity index (χ2v) is 2.98. The van der Waals surface area contributed by atoms with E-state index in [1.807, 2.05) is 32.3 Å². The van der Waals surface area contributed by atoms with E-state index >= 15 is 0 Å². The summed E-state index contributed by atoms with van der Waals surface area (Å²) in [5.74, 6) is 0. The van der Waals surface area contributed by atoms with Gasteiger partial charge < -0.3 is 0 Å². The van der Waals surface area contributed by atoms with E-state index in [0.717, 1.165) is 22.2 Å². The monoisotopic (exact) mass is 158 g/mol. The number of fused-ring (bicyclic) bond motifs is 1. The first-order chi connectivity index (χ1) is 5.77. The second-order valence-electron chi connectivity index (χ2n) is 2.98. The minimum atomic E-state index is 1.05. The summed E-state index contributed by atoms with van der Waals surface area (Å²) >= 11 is 0. The molecule has 0 unspecified atom stereocenters. The Kier molecular flexibility index (Phi) is 1.54. The minimum absolute atomic E-state index is 1.05. The summed E-state index contributed by atoms with van der Waals surface area (Å²) < 4.78 is 0. The molecule has 0 saturated heterocycles. The number of hydrogen-bond acceptors (Lipinski definition) is 2. The lowest BCUT2D eigenvalue weighted by molar-refractivity contribution is 1.21. The Bertz CT molecular complexity index is 421. The highest BCUT2D eigenvalue weighted by atomic mass is 14.7. The zero-order valence-corrected chi connectivity index (χ0v) is 7.20. The summed E-state index contributed by atoms with van der Waals surface area (Å²) in [5.41, 5.74) is 3.25. The Morgan fingerprint density at radius 3 is 2.75 bits per heavy atom. The SMILES string of the molecule is Cc1ccc2cncc(C)c2n1. The Morgan fingerprint density at radius 2 is 1.92 bits per heavy atom. The third kappa shape index (κ3) is 1.05. The molecular formula is C10H10N2. The van der Waals surface area contributed by atoms with Gasteiger partial charge in [-0.1, -0.05) is 0 Å². The topological polar surface area (TPSA) is 25.8 Å². The van der Waals surface area contributed by atoms with Crippen molar-refractivity contribution in [2.45, 2.75) is 13.8 Å². The van der Waals surface area contributed by atoms with E-state index in [-0.39, 0.29) is 0 Å². The Hall–Kier alpha value is -1.44. The van der Waals surface area contributed by atoms with Crippen molar-refractivity contribution in [3.05, 3.63) is 35.8 Å². The molecular weight excluding hydrogens is 148 g/mol. The van der Waals surface area contributed by atoms with E-state index in [1.165, 1.54) is 0 Å². The van der Waals surface area contributed by atoms with E-state index in [9.17, 15) is 0 Å². The summed E-state index contributed by atoms with van der Waals surface area (Å²) in [6, 6.07) is 4.06. The lowest BCUT2D eigenvalue weighted by Crippen LogP contribution is -1.87. The Labute approximate surface area is 71.3 Å². The van der Waals surface area contributed by atoms with Crippen LogP contribution in [-0.2, 0) is 0 Å². The number of aromatic nitrogens is 2. The van der Waals surface area contributed by atoms with Gasteiger partial charge in [0.2, 0.25) is 0 Å². The van der Waals surface area contributed by atoms with Crippen molar-refractivity contribution >= 4 is 10.9 Å². The zero-order valence-electron chi connectivity index (χ0n) is 7.20. The van der Waals surface area contributed by atoms with Crippen molar-refractivity contribution in [1.82, 2.24) is 9.97 Å². The average Bonchev–Trinajstić information content (AvgIpc) is 2.07. The quantitative estimate of drug-likeness (QED) is 0.587. The Morgan fingerprint density at radius 1 is 1.08 bits per heavy atom. The van der Waals surface area contributed by atoms with Crippen molar-refractivity contribution in [2.75, 3.05) is 0 Å². The summed E-state index contributed by atoms with van der Waals surface area (Å²) in [6.45, 7) is 4.03. The van der Waals surface area contributed by atoms with E-state index in [4.69, 9.17) is 0 Å². The van der Waals surface area contributed by atoms with Gasteiger partial charge in [0.15, 0.2) is 0 Å². The van der Waals surface area contributed by atoms with Crippen LogP contribution in [0.4, 0.5) is 0 Å². The van der Waals surface area contributed by atoms with Crippen LogP contribution in [-0.4, -0.2) is 9.97 Å². The molecule has 2 aromatic rings. The fourth-order valence-electron chi connectivity index (χ4n) is 1.28. The fourth-order valence-corrected chi connectivity index (χ4v) is 1.28. The molecule has 2 nitrogen and oxygen atoms in total. The van der Waals surface area contributed by atoms with Crippen LogP contribution in [0, 0.1) is 13.8 Å². The molecule has 0 aromatic carbocycles. The van der Waals surface area contributed by atoms with Crippen LogP contribution in [0.1, 0.15) is 11.3 Å². The molecule has 0 N–H and O–H groups in total. The maximum Gasteiger partial charge on any atom is 0.0765 e. The van der Waals surface area contributed by atoms with Crippen molar-refractivity contribution in [2.24, 2.45) is 0 Å². The smallest absolute Gasteiger partial charge is 0.0765 e. The standard InChI is InChI=1S/C10H10N2/c1-7-5-11-6-9-4-3-8(2)12-10(7)9/h3-6H,1-2H3. The molecule has 0 saturated carbocycles. The predicted molar refractivity (Wildman–Crippen MR) is 49.0 cm³/mol. The minimum Gasteiger partial charge on any atom is -0.264 e. The van der Waals surface area contributed by atoms with Crippen LogP contribution in [0.5, 0.6) is 0 Å². The van der Waals surface area contributed by atoms with Gasteiger partial charge in [0.05, 0.1) is 5.52 Å². The van der Waals surface area contributed by atoms with Gasteiger partial charge in [0, 0.05) is 23.5 Å². The van der Waals surface area contributed by atoms with Gasteiger partial charge in [-0.2, -0.15) is 0 Å². The van der Waals surface area contributed by atoms with Crippen LogP contribution >= 0.6 is 0 Å². The van der Waals surface area contributed by atoms with Gasteiger partial charge in [0.1, 0.15) is 0 Å². The van der Waals surface area contributed by atoms with Crippen molar-refractivity contribution in [3.8, 4) is 0 Å². The lowest BCUT2D eigenvalue weighted by Gasteiger charge is -2.00. The molecule has 2 heteroatoms. The van der Waals surface area contributed by atoms with Crippen LogP contribution in [0.2, 0.25) is 0 Å². The molecule has 0 aliphatic rings. The van der Waals surface area contributed by atoms with Gasteiger partial charge in [-0.25, -0.2) is 0 Å². The molecule has 0 spiro atoms. The fraction of sp³-hybridized carbons (Fsp3) is 0.200. The van der Waals surface area contributed by atoms with E-state index < -0.39 is 0 Å². The summed E-state index contributed by atoms with van der Waals surface area (Å²) in [7, 11) is 0. The summed E-state index contributed by atoms with van der Waals surface area (Å²) in [4.78, 5) is 8.54. The number of aryl methyl sites for hydroxylation is 2. The highest BCUT2D eigenvalue weighted by Crippen LogP contribution is 2.13. The average molecular weight is 158 g/mol. The van der Waals surface area contributed by atoms with Crippen LogP contribution in [0.15, 0.2) is 24.5 Å². The van der Waals surface area contributed by atoms with Crippen LogP contribution in [0.3, 0.4) is 0 Å². The molecule has 0 atom stereocenters. The number of hydrogen-bond donors (Lipinski definition) is 0. The van der Waals surface area contributed by atoms with E-state index in [0.29, 0.717) is 0 Å². The molecule has 0 aliphatic carbocycles. The largest absolute Gasteiger partial charge is 0.264 e.